The number of aliphatic hydroxyl groups excluding tert-OH is 1. The summed E-state index contributed by atoms with van der Waals surface area (Å²) in [6, 6.07) is 8.22. The van der Waals surface area contributed by atoms with Crippen LogP contribution < -0.4 is 0 Å². The SMILES string of the molecule is CCOC(C1CC1)C(O)c1cccc(CC)c1. The normalized spacial score (nSPS) is 19.0. The molecular formula is C15H22O2. The van der Waals surface area contributed by atoms with Crippen LogP contribution in [0, 0.1) is 5.92 Å². The molecule has 1 aromatic rings. The summed E-state index contributed by atoms with van der Waals surface area (Å²) >= 11 is 0. The lowest BCUT2D eigenvalue weighted by molar-refractivity contribution is -0.0462. The monoisotopic (exact) mass is 234 g/mol. The van der Waals surface area contributed by atoms with Crippen LogP contribution in [-0.2, 0) is 11.2 Å². The predicted octanol–water partition coefficient (Wildman–Crippen LogP) is 3.10. The van der Waals surface area contributed by atoms with E-state index < -0.39 is 6.10 Å². The van der Waals surface area contributed by atoms with Crippen molar-refractivity contribution in [1.29, 1.82) is 0 Å². The molecule has 0 amide bonds. The number of hydrogen-bond acceptors (Lipinski definition) is 2. The predicted molar refractivity (Wildman–Crippen MR) is 68.9 cm³/mol. The minimum absolute atomic E-state index is 0.0212. The number of ether oxygens (including phenoxy) is 1. The zero-order chi connectivity index (χ0) is 12.3. The molecule has 2 heteroatoms. The van der Waals surface area contributed by atoms with Gasteiger partial charge in [0.25, 0.3) is 0 Å². The van der Waals surface area contributed by atoms with Crippen molar-refractivity contribution in [3.8, 4) is 0 Å². The molecule has 2 unspecified atom stereocenters. The van der Waals surface area contributed by atoms with Crippen LogP contribution in [-0.4, -0.2) is 17.8 Å². The van der Waals surface area contributed by atoms with Gasteiger partial charge in [-0.25, -0.2) is 0 Å². The third-order valence-electron chi connectivity index (χ3n) is 3.46. The summed E-state index contributed by atoms with van der Waals surface area (Å²) in [5.74, 6) is 0.551. The van der Waals surface area contributed by atoms with E-state index in [4.69, 9.17) is 4.74 Å². The fourth-order valence-corrected chi connectivity index (χ4v) is 2.29. The van der Waals surface area contributed by atoms with Crippen LogP contribution in [0.2, 0.25) is 0 Å². The van der Waals surface area contributed by atoms with E-state index in [0.29, 0.717) is 12.5 Å². The Bertz CT molecular complexity index is 358. The van der Waals surface area contributed by atoms with Gasteiger partial charge in [0.1, 0.15) is 6.10 Å². The highest BCUT2D eigenvalue weighted by atomic mass is 16.5. The minimum Gasteiger partial charge on any atom is -0.386 e. The molecule has 1 fully saturated rings. The van der Waals surface area contributed by atoms with E-state index in [-0.39, 0.29) is 6.10 Å². The van der Waals surface area contributed by atoms with Gasteiger partial charge in [0.05, 0.1) is 6.10 Å². The third-order valence-corrected chi connectivity index (χ3v) is 3.46. The molecule has 0 radical (unpaired) electrons. The van der Waals surface area contributed by atoms with Crippen LogP contribution in [0.5, 0.6) is 0 Å². The molecule has 0 spiro atoms. The Morgan fingerprint density at radius 3 is 2.71 bits per heavy atom. The molecule has 1 saturated carbocycles. The van der Waals surface area contributed by atoms with Gasteiger partial charge in [-0.3, -0.25) is 0 Å². The molecule has 1 N–H and O–H groups in total. The van der Waals surface area contributed by atoms with E-state index in [2.05, 4.69) is 19.1 Å². The lowest BCUT2D eigenvalue weighted by Crippen LogP contribution is -2.24. The maximum atomic E-state index is 10.4. The van der Waals surface area contributed by atoms with E-state index in [1.165, 1.54) is 18.4 Å². The van der Waals surface area contributed by atoms with Gasteiger partial charge in [-0.05, 0) is 43.2 Å². The van der Waals surface area contributed by atoms with E-state index in [0.717, 1.165) is 12.0 Å². The minimum atomic E-state index is -0.478. The highest BCUT2D eigenvalue weighted by Crippen LogP contribution is 2.40. The molecule has 1 aliphatic carbocycles. The second kappa shape index (κ2) is 5.65. The maximum Gasteiger partial charge on any atom is 0.105 e. The van der Waals surface area contributed by atoms with Gasteiger partial charge in [-0.15, -0.1) is 0 Å². The first kappa shape index (κ1) is 12.6. The number of hydrogen-bond donors (Lipinski definition) is 1. The zero-order valence-corrected chi connectivity index (χ0v) is 10.7. The topological polar surface area (TPSA) is 29.5 Å². The van der Waals surface area contributed by atoms with Gasteiger partial charge in [-0.2, -0.15) is 0 Å². The first-order valence-electron chi connectivity index (χ1n) is 6.64. The summed E-state index contributed by atoms with van der Waals surface area (Å²) < 4.78 is 5.71. The number of rotatable bonds is 6. The molecular weight excluding hydrogens is 212 g/mol. The lowest BCUT2D eigenvalue weighted by atomic mass is 9.98. The standard InChI is InChI=1S/C15H22O2/c1-3-11-6-5-7-13(10-11)14(16)15(17-4-2)12-8-9-12/h5-7,10,12,14-16H,3-4,8-9H2,1-2H3. The first-order chi connectivity index (χ1) is 8.26. The zero-order valence-electron chi connectivity index (χ0n) is 10.7. The van der Waals surface area contributed by atoms with Gasteiger partial charge in [0.15, 0.2) is 0 Å². The molecule has 0 bridgehead atoms. The summed E-state index contributed by atoms with van der Waals surface area (Å²) in [5.41, 5.74) is 2.27. The van der Waals surface area contributed by atoms with E-state index in [9.17, 15) is 5.11 Å². The highest BCUT2D eigenvalue weighted by molar-refractivity contribution is 5.26. The smallest absolute Gasteiger partial charge is 0.105 e. The van der Waals surface area contributed by atoms with Crippen molar-refractivity contribution in [2.45, 2.75) is 45.3 Å². The Balaban J connectivity index is 2.12. The molecule has 17 heavy (non-hydrogen) atoms. The van der Waals surface area contributed by atoms with Gasteiger partial charge >= 0.3 is 0 Å². The summed E-state index contributed by atoms with van der Waals surface area (Å²) in [5, 5.41) is 10.4. The summed E-state index contributed by atoms with van der Waals surface area (Å²) in [6.07, 6.45) is 2.88. The summed E-state index contributed by atoms with van der Waals surface area (Å²) in [6.45, 7) is 4.79. The fraction of sp³-hybridized carbons (Fsp3) is 0.600. The Morgan fingerprint density at radius 2 is 2.12 bits per heavy atom. The van der Waals surface area contributed by atoms with E-state index >= 15 is 0 Å². The number of benzene rings is 1. The quantitative estimate of drug-likeness (QED) is 0.819. The van der Waals surface area contributed by atoms with Crippen LogP contribution in [0.4, 0.5) is 0 Å². The van der Waals surface area contributed by atoms with Crippen molar-refractivity contribution in [2.24, 2.45) is 5.92 Å². The van der Waals surface area contributed by atoms with E-state index in [1.54, 1.807) is 0 Å². The molecule has 2 rings (SSSR count). The van der Waals surface area contributed by atoms with Gasteiger partial charge in [0.2, 0.25) is 0 Å². The Kier molecular flexibility index (Phi) is 4.19. The number of aliphatic hydroxyl groups is 1. The van der Waals surface area contributed by atoms with Crippen molar-refractivity contribution in [3.05, 3.63) is 35.4 Å². The van der Waals surface area contributed by atoms with Crippen LogP contribution in [0.1, 0.15) is 43.9 Å². The Morgan fingerprint density at radius 1 is 1.35 bits per heavy atom. The Labute approximate surface area is 104 Å². The second-order valence-corrected chi connectivity index (χ2v) is 4.80. The van der Waals surface area contributed by atoms with Crippen molar-refractivity contribution in [3.63, 3.8) is 0 Å². The fourth-order valence-electron chi connectivity index (χ4n) is 2.29. The molecule has 2 nitrogen and oxygen atoms in total. The summed E-state index contributed by atoms with van der Waals surface area (Å²) in [7, 11) is 0. The molecule has 0 saturated heterocycles. The molecule has 2 atom stereocenters. The van der Waals surface area contributed by atoms with Crippen LogP contribution in [0.25, 0.3) is 0 Å². The van der Waals surface area contributed by atoms with Crippen molar-refractivity contribution < 1.29 is 9.84 Å². The highest BCUT2D eigenvalue weighted by Gasteiger charge is 2.37. The van der Waals surface area contributed by atoms with Crippen LogP contribution in [0.15, 0.2) is 24.3 Å². The maximum absolute atomic E-state index is 10.4. The van der Waals surface area contributed by atoms with Crippen molar-refractivity contribution in [1.82, 2.24) is 0 Å². The number of aryl methyl sites for hydroxylation is 1. The summed E-state index contributed by atoms with van der Waals surface area (Å²) in [4.78, 5) is 0. The van der Waals surface area contributed by atoms with Crippen LogP contribution >= 0.6 is 0 Å². The van der Waals surface area contributed by atoms with Crippen molar-refractivity contribution in [2.75, 3.05) is 6.61 Å². The molecule has 1 aliphatic rings. The average molecular weight is 234 g/mol. The van der Waals surface area contributed by atoms with Gasteiger partial charge < -0.3 is 9.84 Å². The van der Waals surface area contributed by atoms with E-state index in [1.807, 2.05) is 19.1 Å². The Hall–Kier alpha value is -0.860. The molecule has 94 valence electrons. The second-order valence-electron chi connectivity index (χ2n) is 4.80. The largest absolute Gasteiger partial charge is 0.386 e. The first-order valence-corrected chi connectivity index (χ1v) is 6.64. The molecule has 1 aromatic carbocycles. The molecule has 0 aliphatic heterocycles. The molecule has 0 aromatic heterocycles. The van der Waals surface area contributed by atoms with Crippen LogP contribution in [0.3, 0.4) is 0 Å². The van der Waals surface area contributed by atoms with Gasteiger partial charge in [-0.1, -0.05) is 31.2 Å². The van der Waals surface area contributed by atoms with Gasteiger partial charge in [0, 0.05) is 6.61 Å². The average Bonchev–Trinajstić information content (AvgIpc) is 3.19. The molecule has 0 heterocycles. The third kappa shape index (κ3) is 3.08. The lowest BCUT2D eigenvalue weighted by Gasteiger charge is -2.23. The van der Waals surface area contributed by atoms with Crippen molar-refractivity contribution >= 4 is 0 Å².